The van der Waals surface area contributed by atoms with Gasteiger partial charge in [-0.3, -0.25) is 0 Å². The lowest BCUT2D eigenvalue weighted by molar-refractivity contribution is -0.341. The van der Waals surface area contributed by atoms with Crippen molar-refractivity contribution in [3.05, 3.63) is 0 Å². The van der Waals surface area contributed by atoms with E-state index < -0.39 is 68.5 Å². The summed E-state index contributed by atoms with van der Waals surface area (Å²) in [7, 11) is 0. The third kappa shape index (κ3) is 3.19. The van der Waals surface area contributed by atoms with Gasteiger partial charge in [-0.1, -0.05) is 0 Å². The number of aliphatic hydroxyl groups excluding tert-OH is 7. The molecule has 3 unspecified atom stereocenters. The van der Waals surface area contributed by atoms with Gasteiger partial charge in [-0.05, 0) is 0 Å². The van der Waals surface area contributed by atoms with Crippen molar-refractivity contribution in [1.29, 1.82) is 0 Å². The van der Waals surface area contributed by atoms with Crippen molar-refractivity contribution in [2.75, 3.05) is 13.2 Å². The van der Waals surface area contributed by atoms with Crippen molar-refractivity contribution in [2.45, 2.75) is 55.3 Å². The molecule has 0 aromatic carbocycles. The van der Waals surface area contributed by atoms with Crippen LogP contribution >= 0.6 is 0 Å². The second-order valence-corrected chi connectivity index (χ2v) is 5.04. The zero-order valence-electron chi connectivity index (χ0n) is 11.0. The smallest absolute Gasteiger partial charge is 0.189 e. The van der Waals surface area contributed by atoms with Gasteiger partial charge in [-0.25, -0.2) is 0 Å². The topological polar surface area (TPSA) is 169 Å². The summed E-state index contributed by atoms with van der Waals surface area (Å²) in [5, 5.41) is 66.2. The highest BCUT2D eigenvalue weighted by Crippen LogP contribution is 2.28. The van der Waals surface area contributed by atoms with E-state index in [0.717, 1.165) is 0 Å². The predicted octanol–water partition coefficient (Wildman–Crippen LogP) is -4.76. The summed E-state index contributed by atoms with van der Waals surface area (Å²) in [4.78, 5) is 0. The molecular formula is C11H20O10. The van der Waals surface area contributed by atoms with Crippen LogP contribution in [0.5, 0.6) is 0 Å². The molecule has 0 aliphatic carbocycles. The monoisotopic (exact) mass is 312 g/mol. The Kier molecular flexibility index (Phi) is 5.48. The van der Waals surface area contributed by atoms with Crippen LogP contribution in [0.25, 0.3) is 0 Å². The largest absolute Gasteiger partial charge is 0.394 e. The molecule has 0 amide bonds. The first-order valence-corrected chi connectivity index (χ1v) is 6.49. The highest BCUT2D eigenvalue weighted by Gasteiger charge is 2.49. The molecule has 124 valence electrons. The van der Waals surface area contributed by atoms with Crippen LogP contribution in [0.3, 0.4) is 0 Å². The number of hydrogen-bond acceptors (Lipinski definition) is 10. The Morgan fingerprint density at radius 2 is 1.00 bits per heavy atom. The first kappa shape index (κ1) is 17.0. The normalized spacial score (nSPS) is 51.3. The molecule has 21 heavy (non-hydrogen) atoms. The van der Waals surface area contributed by atoms with E-state index in [4.69, 9.17) is 24.4 Å². The van der Waals surface area contributed by atoms with Crippen LogP contribution in [0.2, 0.25) is 0 Å². The Balaban J connectivity index is 2.01. The van der Waals surface area contributed by atoms with Gasteiger partial charge in [0.05, 0.1) is 13.2 Å². The van der Waals surface area contributed by atoms with E-state index >= 15 is 0 Å². The minimum atomic E-state index is -1.65. The molecule has 0 spiro atoms. The van der Waals surface area contributed by atoms with E-state index in [2.05, 4.69) is 0 Å². The van der Waals surface area contributed by atoms with Gasteiger partial charge < -0.3 is 50.0 Å². The van der Waals surface area contributed by atoms with Crippen LogP contribution in [-0.2, 0) is 14.2 Å². The fourth-order valence-corrected chi connectivity index (χ4v) is 2.29. The van der Waals surface area contributed by atoms with E-state index in [1.54, 1.807) is 0 Å². The Bertz CT molecular complexity index is 339. The highest BCUT2D eigenvalue weighted by molar-refractivity contribution is 4.91. The maximum atomic E-state index is 9.77. The van der Waals surface area contributed by atoms with Crippen molar-refractivity contribution >= 4 is 0 Å². The molecule has 2 rings (SSSR count). The molecule has 0 saturated carbocycles. The molecule has 0 aromatic heterocycles. The first-order chi connectivity index (χ1) is 9.90. The van der Waals surface area contributed by atoms with Crippen molar-refractivity contribution in [3.63, 3.8) is 0 Å². The Morgan fingerprint density at radius 3 is 1.43 bits per heavy atom. The summed E-state index contributed by atoms with van der Waals surface area (Å²) in [6.07, 6.45) is -12.8. The van der Waals surface area contributed by atoms with Gasteiger partial charge in [0.15, 0.2) is 12.6 Å². The molecule has 0 radical (unpaired) electrons. The van der Waals surface area contributed by atoms with E-state index in [0.29, 0.717) is 0 Å². The van der Waals surface area contributed by atoms with Gasteiger partial charge in [-0.2, -0.15) is 0 Å². The molecule has 0 aromatic rings. The molecule has 2 aliphatic rings. The fraction of sp³-hybridized carbons (Fsp3) is 1.00. The summed E-state index contributed by atoms with van der Waals surface area (Å²) in [6.45, 7) is -1.17. The molecule has 9 atom stereocenters. The number of ether oxygens (including phenoxy) is 3. The molecule has 2 heterocycles. The molecule has 2 fully saturated rings. The maximum absolute atomic E-state index is 9.77. The quantitative estimate of drug-likeness (QED) is 0.267. The van der Waals surface area contributed by atoms with Gasteiger partial charge in [0.1, 0.15) is 42.7 Å². The average Bonchev–Trinajstić information content (AvgIpc) is 2.75. The fourth-order valence-electron chi connectivity index (χ4n) is 2.29. The third-order valence-electron chi connectivity index (χ3n) is 3.62. The molecule has 10 heteroatoms. The van der Waals surface area contributed by atoms with Crippen LogP contribution in [0.4, 0.5) is 0 Å². The van der Waals surface area contributed by atoms with Crippen LogP contribution in [0.15, 0.2) is 0 Å². The average molecular weight is 312 g/mol. The van der Waals surface area contributed by atoms with E-state index in [-0.39, 0.29) is 0 Å². The first-order valence-electron chi connectivity index (χ1n) is 6.49. The zero-order chi connectivity index (χ0) is 15.7. The molecule has 0 bridgehead atoms. The minimum absolute atomic E-state index is 0.549. The van der Waals surface area contributed by atoms with Gasteiger partial charge in [-0.15, -0.1) is 0 Å². The minimum Gasteiger partial charge on any atom is -0.394 e. The molecule has 2 aliphatic heterocycles. The summed E-state index contributed by atoms with van der Waals surface area (Å²) in [5.74, 6) is 0. The predicted molar refractivity (Wildman–Crippen MR) is 62.6 cm³/mol. The van der Waals surface area contributed by atoms with Crippen LogP contribution < -0.4 is 0 Å². The molecule has 7 N–H and O–H groups in total. The second kappa shape index (κ2) is 6.79. The van der Waals surface area contributed by atoms with Gasteiger partial charge in [0.25, 0.3) is 0 Å². The van der Waals surface area contributed by atoms with Crippen molar-refractivity contribution in [1.82, 2.24) is 0 Å². The van der Waals surface area contributed by atoms with Gasteiger partial charge in [0.2, 0.25) is 0 Å². The highest BCUT2D eigenvalue weighted by atomic mass is 16.8. The Morgan fingerprint density at radius 1 is 0.619 bits per heavy atom. The van der Waals surface area contributed by atoms with Crippen molar-refractivity contribution < 1.29 is 50.0 Å². The lowest BCUT2D eigenvalue weighted by Crippen LogP contribution is -2.60. The SMILES string of the molecule is OCC1O[C@H](O[C@@H]2O[C@H](CO)[C@H](O)C2O)[C@@H](O)C(O)[C@@H]1O. The number of rotatable bonds is 4. The molecular weight excluding hydrogens is 292 g/mol. The lowest BCUT2D eigenvalue weighted by Gasteiger charge is -2.40. The Hall–Kier alpha value is -0.400. The maximum Gasteiger partial charge on any atom is 0.189 e. The van der Waals surface area contributed by atoms with Crippen molar-refractivity contribution in [2.24, 2.45) is 0 Å². The van der Waals surface area contributed by atoms with Gasteiger partial charge >= 0.3 is 0 Å². The Labute approximate surface area is 119 Å². The van der Waals surface area contributed by atoms with Crippen LogP contribution in [0, 0.1) is 0 Å². The standard InChI is InChI=1S/C11H20O10/c12-1-3-5(14)7(16)9(18)11(19-3)21-10-8(17)6(15)4(2-13)20-10/h3-18H,1-2H2/t3?,4-,5-,6+,7?,8?,9+,10+,11-/m1/s1. The lowest BCUT2D eigenvalue weighted by atomic mass is 9.99. The third-order valence-corrected chi connectivity index (χ3v) is 3.62. The number of hydrogen-bond donors (Lipinski definition) is 7. The van der Waals surface area contributed by atoms with Gasteiger partial charge in [0, 0.05) is 0 Å². The summed E-state index contributed by atoms with van der Waals surface area (Å²) in [6, 6.07) is 0. The van der Waals surface area contributed by atoms with E-state index in [1.807, 2.05) is 0 Å². The van der Waals surface area contributed by atoms with E-state index in [9.17, 15) is 25.5 Å². The molecule has 2 saturated heterocycles. The van der Waals surface area contributed by atoms with E-state index in [1.165, 1.54) is 0 Å². The van der Waals surface area contributed by atoms with Crippen LogP contribution in [-0.4, -0.2) is 104 Å². The van der Waals surface area contributed by atoms with Crippen molar-refractivity contribution in [3.8, 4) is 0 Å². The molecule has 10 nitrogen and oxygen atoms in total. The second-order valence-electron chi connectivity index (χ2n) is 5.04. The zero-order valence-corrected chi connectivity index (χ0v) is 11.0. The summed E-state index contributed by atoms with van der Waals surface area (Å²) >= 11 is 0. The van der Waals surface area contributed by atoms with Crippen LogP contribution in [0.1, 0.15) is 0 Å². The summed E-state index contributed by atoms with van der Waals surface area (Å²) in [5.41, 5.74) is 0. The summed E-state index contributed by atoms with van der Waals surface area (Å²) < 4.78 is 15.3. The number of aliphatic hydroxyl groups is 7.